The summed E-state index contributed by atoms with van der Waals surface area (Å²) in [6.07, 6.45) is -0.0912. The fraction of sp³-hybridized carbons (Fsp3) is 0.417. The van der Waals surface area contributed by atoms with Crippen LogP contribution in [0.4, 0.5) is 5.69 Å². The van der Waals surface area contributed by atoms with Crippen LogP contribution in [0.2, 0.25) is 0 Å². The van der Waals surface area contributed by atoms with E-state index < -0.39 is 0 Å². The molecule has 0 saturated carbocycles. The molecule has 2 rings (SSSR count). The van der Waals surface area contributed by atoms with Gasteiger partial charge in [0.15, 0.2) is 0 Å². The number of anilines is 1. The number of carbonyl (C=O) groups is 1. The molecule has 1 aromatic rings. The number of hydrogen-bond acceptors (Lipinski definition) is 3. The van der Waals surface area contributed by atoms with Crippen molar-refractivity contribution in [2.24, 2.45) is 0 Å². The summed E-state index contributed by atoms with van der Waals surface area (Å²) >= 11 is 2.22. The topological polar surface area (TPSA) is 50.4 Å². The molecular weight excluding hydrogens is 331 g/mol. The molecular formula is C12H15IN2O2. The van der Waals surface area contributed by atoms with Crippen molar-refractivity contribution in [3.05, 3.63) is 27.8 Å². The molecule has 0 radical (unpaired) electrons. The lowest BCUT2D eigenvalue weighted by molar-refractivity contribution is -0.123. The SMILES string of the molecule is C[C@H]1OCCN[C@@H]1C(=O)Nc1cccc(I)c1. The average Bonchev–Trinajstić information content (AvgIpc) is 2.29. The summed E-state index contributed by atoms with van der Waals surface area (Å²) < 4.78 is 6.55. The molecule has 1 aliphatic rings. The van der Waals surface area contributed by atoms with Gasteiger partial charge in [-0.05, 0) is 47.7 Å². The van der Waals surface area contributed by atoms with E-state index in [0.717, 1.165) is 15.8 Å². The normalized spacial score (nSPS) is 24.4. The molecule has 17 heavy (non-hydrogen) atoms. The number of amides is 1. The monoisotopic (exact) mass is 346 g/mol. The number of nitrogens with one attached hydrogen (secondary N) is 2. The van der Waals surface area contributed by atoms with E-state index >= 15 is 0 Å². The van der Waals surface area contributed by atoms with Crippen molar-refractivity contribution in [1.29, 1.82) is 0 Å². The first-order valence-corrected chi connectivity index (χ1v) is 6.66. The van der Waals surface area contributed by atoms with E-state index in [9.17, 15) is 4.79 Å². The van der Waals surface area contributed by atoms with Gasteiger partial charge in [0.25, 0.3) is 0 Å². The van der Waals surface area contributed by atoms with Gasteiger partial charge >= 0.3 is 0 Å². The van der Waals surface area contributed by atoms with Crippen LogP contribution in [0.3, 0.4) is 0 Å². The number of morpholine rings is 1. The maximum atomic E-state index is 12.0. The number of carbonyl (C=O) groups excluding carboxylic acids is 1. The highest BCUT2D eigenvalue weighted by atomic mass is 127. The second kappa shape index (κ2) is 5.79. The Balaban J connectivity index is 2.01. The summed E-state index contributed by atoms with van der Waals surface area (Å²) in [5.41, 5.74) is 0.821. The molecule has 0 aromatic heterocycles. The predicted molar refractivity (Wildman–Crippen MR) is 75.0 cm³/mol. The molecule has 0 spiro atoms. The Labute approximate surface area is 114 Å². The minimum absolute atomic E-state index is 0.0424. The van der Waals surface area contributed by atoms with E-state index in [1.807, 2.05) is 31.2 Å². The van der Waals surface area contributed by atoms with Crippen LogP contribution < -0.4 is 10.6 Å². The lowest BCUT2D eigenvalue weighted by Crippen LogP contribution is -2.53. The number of benzene rings is 1. The number of hydrogen-bond donors (Lipinski definition) is 2. The van der Waals surface area contributed by atoms with E-state index in [1.54, 1.807) is 0 Å². The Hall–Kier alpha value is -0.660. The van der Waals surface area contributed by atoms with Crippen LogP contribution in [-0.2, 0) is 9.53 Å². The highest BCUT2D eigenvalue weighted by molar-refractivity contribution is 14.1. The van der Waals surface area contributed by atoms with Crippen molar-refractivity contribution in [1.82, 2.24) is 5.32 Å². The van der Waals surface area contributed by atoms with Crippen LogP contribution in [0, 0.1) is 3.57 Å². The standard InChI is InChI=1S/C12H15IN2O2/c1-8-11(14-5-6-17-8)12(16)15-10-4-2-3-9(13)7-10/h2-4,7-8,11,14H,5-6H2,1H3,(H,15,16)/t8-,11+/m1/s1. The van der Waals surface area contributed by atoms with Crippen LogP contribution in [0.15, 0.2) is 24.3 Å². The van der Waals surface area contributed by atoms with Gasteiger partial charge in [0.05, 0.1) is 12.7 Å². The fourth-order valence-corrected chi connectivity index (χ4v) is 2.36. The summed E-state index contributed by atoms with van der Waals surface area (Å²) in [4.78, 5) is 12.0. The summed E-state index contributed by atoms with van der Waals surface area (Å²) in [5, 5.41) is 6.06. The zero-order valence-electron chi connectivity index (χ0n) is 9.57. The van der Waals surface area contributed by atoms with E-state index in [4.69, 9.17) is 4.74 Å². The third-order valence-electron chi connectivity index (χ3n) is 2.69. The minimum atomic E-state index is -0.276. The second-order valence-electron chi connectivity index (χ2n) is 4.01. The van der Waals surface area contributed by atoms with Crippen molar-refractivity contribution in [2.75, 3.05) is 18.5 Å². The van der Waals surface area contributed by atoms with Crippen LogP contribution in [0.1, 0.15) is 6.92 Å². The van der Waals surface area contributed by atoms with Gasteiger partial charge in [-0.25, -0.2) is 0 Å². The Morgan fingerprint density at radius 2 is 2.41 bits per heavy atom. The van der Waals surface area contributed by atoms with E-state index in [-0.39, 0.29) is 18.1 Å². The number of rotatable bonds is 2. The maximum absolute atomic E-state index is 12.0. The van der Waals surface area contributed by atoms with E-state index in [2.05, 4.69) is 33.2 Å². The molecule has 1 saturated heterocycles. The lowest BCUT2D eigenvalue weighted by Gasteiger charge is -2.29. The fourth-order valence-electron chi connectivity index (χ4n) is 1.81. The molecule has 0 unspecified atom stereocenters. The van der Waals surface area contributed by atoms with E-state index in [0.29, 0.717) is 6.61 Å². The molecule has 1 heterocycles. The van der Waals surface area contributed by atoms with Crippen LogP contribution >= 0.6 is 22.6 Å². The Kier molecular flexibility index (Phi) is 4.36. The Morgan fingerprint density at radius 3 is 3.12 bits per heavy atom. The lowest BCUT2D eigenvalue weighted by atomic mass is 10.1. The predicted octanol–water partition coefficient (Wildman–Crippen LogP) is 1.61. The van der Waals surface area contributed by atoms with Gasteiger partial charge in [-0.3, -0.25) is 4.79 Å². The maximum Gasteiger partial charge on any atom is 0.244 e. The van der Waals surface area contributed by atoms with Gasteiger partial charge < -0.3 is 15.4 Å². The van der Waals surface area contributed by atoms with Gasteiger partial charge in [0.2, 0.25) is 5.91 Å². The third-order valence-corrected chi connectivity index (χ3v) is 3.36. The van der Waals surface area contributed by atoms with Gasteiger partial charge in [-0.2, -0.15) is 0 Å². The third kappa shape index (κ3) is 3.40. The first kappa shape index (κ1) is 12.8. The molecule has 0 bridgehead atoms. The van der Waals surface area contributed by atoms with Gasteiger partial charge in [-0.1, -0.05) is 6.07 Å². The second-order valence-corrected chi connectivity index (χ2v) is 5.25. The van der Waals surface area contributed by atoms with Crippen molar-refractivity contribution < 1.29 is 9.53 Å². The molecule has 1 aromatic carbocycles. The molecule has 1 amide bonds. The Morgan fingerprint density at radius 1 is 1.59 bits per heavy atom. The average molecular weight is 346 g/mol. The zero-order valence-corrected chi connectivity index (χ0v) is 11.7. The quantitative estimate of drug-likeness (QED) is 0.800. The molecule has 1 fully saturated rings. The highest BCUT2D eigenvalue weighted by Crippen LogP contribution is 2.14. The molecule has 2 N–H and O–H groups in total. The molecule has 5 heteroatoms. The largest absolute Gasteiger partial charge is 0.375 e. The van der Waals surface area contributed by atoms with Crippen molar-refractivity contribution in [3.8, 4) is 0 Å². The first-order valence-electron chi connectivity index (χ1n) is 5.58. The van der Waals surface area contributed by atoms with Crippen LogP contribution in [0.5, 0.6) is 0 Å². The number of halogens is 1. The smallest absolute Gasteiger partial charge is 0.244 e. The summed E-state index contributed by atoms with van der Waals surface area (Å²) in [6, 6.07) is 7.45. The van der Waals surface area contributed by atoms with Gasteiger partial charge in [0.1, 0.15) is 6.04 Å². The molecule has 4 nitrogen and oxygen atoms in total. The first-order chi connectivity index (χ1) is 8.16. The van der Waals surface area contributed by atoms with Crippen molar-refractivity contribution >= 4 is 34.2 Å². The zero-order chi connectivity index (χ0) is 12.3. The molecule has 0 aliphatic carbocycles. The number of ether oxygens (including phenoxy) is 1. The minimum Gasteiger partial charge on any atom is -0.375 e. The van der Waals surface area contributed by atoms with E-state index in [1.165, 1.54) is 0 Å². The molecule has 92 valence electrons. The molecule has 1 aliphatic heterocycles. The summed E-state index contributed by atoms with van der Waals surface area (Å²) in [7, 11) is 0. The summed E-state index contributed by atoms with van der Waals surface area (Å²) in [5.74, 6) is -0.0424. The van der Waals surface area contributed by atoms with Crippen LogP contribution in [0.25, 0.3) is 0 Å². The summed E-state index contributed by atoms with van der Waals surface area (Å²) in [6.45, 7) is 3.29. The van der Waals surface area contributed by atoms with Crippen molar-refractivity contribution in [2.45, 2.75) is 19.1 Å². The Bertz CT molecular complexity index is 411. The highest BCUT2D eigenvalue weighted by Gasteiger charge is 2.28. The van der Waals surface area contributed by atoms with Gasteiger partial charge in [-0.15, -0.1) is 0 Å². The molecule has 2 atom stereocenters. The van der Waals surface area contributed by atoms with Crippen LogP contribution in [-0.4, -0.2) is 31.2 Å². The van der Waals surface area contributed by atoms with Gasteiger partial charge in [0, 0.05) is 15.8 Å². The van der Waals surface area contributed by atoms with Crippen molar-refractivity contribution in [3.63, 3.8) is 0 Å².